The number of likely N-dealkylation sites (N-methyl/N-ethyl adjacent to an activating group) is 1. The Kier molecular flexibility index (Phi) is 9.93. The van der Waals surface area contributed by atoms with E-state index in [1.54, 1.807) is 16.3 Å². The van der Waals surface area contributed by atoms with Gasteiger partial charge in [0.2, 0.25) is 0 Å². The van der Waals surface area contributed by atoms with Crippen LogP contribution >= 0.6 is 23.4 Å². The van der Waals surface area contributed by atoms with Crippen molar-refractivity contribution in [2.45, 2.75) is 88.2 Å². The van der Waals surface area contributed by atoms with Crippen LogP contribution in [0, 0.1) is 18.8 Å². The third-order valence-electron chi connectivity index (χ3n) is 10.3. The molecule has 0 bridgehead atoms. The minimum Gasteiger partial charge on any atom is -0.491 e. The number of carboxylic acid groups (broad SMARTS) is 1. The average Bonchev–Trinajstić information content (AvgIpc) is 3.43. The lowest BCUT2D eigenvalue weighted by molar-refractivity contribution is -0.141. The maximum absolute atomic E-state index is 13.8. The van der Waals surface area contributed by atoms with E-state index in [9.17, 15) is 14.7 Å². The van der Waals surface area contributed by atoms with Crippen molar-refractivity contribution in [3.05, 3.63) is 56.2 Å². The molecule has 3 aliphatic heterocycles. The highest BCUT2D eigenvalue weighted by atomic mass is 35.5. The average molecular weight is 644 g/mol. The first-order valence-corrected chi connectivity index (χ1v) is 17.6. The largest absolute Gasteiger partial charge is 0.491 e. The number of ether oxygens (including phenoxy) is 1. The molecule has 0 spiro atoms. The molecule has 0 saturated carbocycles. The molecule has 4 heterocycles. The SMILES string of the molecule is Cc1nc2c(c(=O)n1CCOc1ccc(Cl)cc1C1CC(C)NC3C(C(=O)O)CSC13)CC(N(C)CC1CCNCC1)CC2. The highest BCUT2D eigenvalue weighted by Crippen LogP contribution is 2.48. The van der Waals surface area contributed by atoms with Crippen molar-refractivity contribution >= 4 is 29.3 Å². The minimum atomic E-state index is -0.743. The van der Waals surface area contributed by atoms with E-state index in [0.717, 1.165) is 79.6 Å². The molecule has 4 aliphatic rings. The van der Waals surface area contributed by atoms with E-state index in [-0.39, 0.29) is 28.8 Å². The van der Waals surface area contributed by atoms with Gasteiger partial charge in [0, 0.05) is 52.2 Å². The molecule has 3 saturated heterocycles. The second-order valence-corrected chi connectivity index (χ2v) is 14.9. The molecular formula is C33H46ClN5O4S. The number of nitrogens with one attached hydrogen (secondary N) is 2. The van der Waals surface area contributed by atoms with Crippen LogP contribution in [0.4, 0.5) is 0 Å². The third kappa shape index (κ3) is 6.70. The Morgan fingerprint density at radius 1 is 1.27 bits per heavy atom. The van der Waals surface area contributed by atoms with Crippen molar-refractivity contribution in [2.24, 2.45) is 11.8 Å². The van der Waals surface area contributed by atoms with Crippen LogP contribution in [0.15, 0.2) is 23.0 Å². The molecule has 6 rings (SSSR count). The number of aryl methyl sites for hydroxylation is 2. The zero-order valence-corrected chi connectivity index (χ0v) is 27.6. The predicted molar refractivity (Wildman–Crippen MR) is 175 cm³/mol. The molecular weight excluding hydrogens is 598 g/mol. The standard InChI is InChI=1S/C33H46ClN5O4S/c1-19-14-25(31-30(36-19)27(18-44-31)33(41)42)24-15-22(34)4-7-29(24)43-13-12-39-20(2)37-28-6-5-23(16-26(28)32(39)40)38(3)17-21-8-10-35-11-9-21/h4,7,15,19,21,23,25,27,30-31,35-36H,5-6,8-14,16-18H2,1-3H3,(H,41,42). The third-order valence-corrected chi connectivity index (χ3v) is 12.1. The molecule has 3 N–H and O–H groups in total. The maximum atomic E-state index is 13.8. The fourth-order valence-electron chi connectivity index (χ4n) is 7.93. The predicted octanol–water partition coefficient (Wildman–Crippen LogP) is 3.72. The van der Waals surface area contributed by atoms with E-state index in [1.807, 2.05) is 25.1 Å². The molecule has 9 nitrogen and oxygen atoms in total. The lowest BCUT2D eigenvalue weighted by atomic mass is 9.79. The van der Waals surface area contributed by atoms with E-state index in [4.69, 9.17) is 21.3 Å². The summed E-state index contributed by atoms with van der Waals surface area (Å²) in [4.78, 5) is 33.1. The van der Waals surface area contributed by atoms with E-state index < -0.39 is 11.9 Å². The Labute approximate surface area is 269 Å². The Morgan fingerprint density at radius 2 is 2.07 bits per heavy atom. The summed E-state index contributed by atoms with van der Waals surface area (Å²) in [6.45, 7) is 8.05. The van der Waals surface area contributed by atoms with Gasteiger partial charge in [-0.3, -0.25) is 14.2 Å². The molecule has 44 heavy (non-hydrogen) atoms. The van der Waals surface area contributed by atoms with Crippen LogP contribution < -0.4 is 20.9 Å². The van der Waals surface area contributed by atoms with Crippen molar-refractivity contribution in [2.75, 3.05) is 39.0 Å². The smallest absolute Gasteiger partial charge is 0.308 e. The molecule has 11 heteroatoms. The van der Waals surface area contributed by atoms with Gasteiger partial charge in [0.25, 0.3) is 5.56 Å². The molecule has 1 aromatic carbocycles. The number of rotatable bonds is 9. The first-order chi connectivity index (χ1) is 21.2. The molecule has 6 unspecified atom stereocenters. The molecule has 0 amide bonds. The van der Waals surface area contributed by atoms with Crippen LogP contribution in [0.3, 0.4) is 0 Å². The second kappa shape index (κ2) is 13.7. The summed E-state index contributed by atoms with van der Waals surface area (Å²) < 4.78 is 8.17. The number of aromatic nitrogens is 2. The Balaban J connectivity index is 1.15. The van der Waals surface area contributed by atoms with Crippen molar-refractivity contribution < 1.29 is 14.6 Å². The summed E-state index contributed by atoms with van der Waals surface area (Å²) in [7, 11) is 2.21. The number of nitrogens with zero attached hydrogens (tertiary/aromatic N) is 3. The van der Waals surface area contributed by atoms with Gasteiger partial charge in [0.05, 0.1) is 18.2 Å². The number of carbonyl (C=O) groups is 1. The van der Waals surface area contributed by atoms with E-state index in [2.05, 4.69) is 29.5 Å². The summed E-state index contributed by atoms with van der Waals surface area (Å²) in [5, 5.41) is 17.6. The van der Waals surface area contributed by atoms with Crippen molar-refractivity contribution in [3.8, 4) is 5.75 Å². The van der Waals surface area contributed by atoms with E-state index in [0.29, 0.717) is 30.0 Å². The van der Waals surface area contributed by atoms with Crippen LogP contribution in [0.5, 0.6) is 5.75 Å². The molecule has 3 fully saturated rings. The van der Waals surface area contributed by atoms with Gasteiger partial charge in [-0.1, -0.05) is 11.6 Å². The number of halogens is 1. The van der Waals surface area contributed by atoms with Gasteiger partial charge in [-0.15, -0.1) is 0 Å². The van der Waals surface area contributed by atoms with Gasteiger partial charge < -0.3 is 25.4 Å². The van der Waals surface area contributed by atoms with Crippen LogP contribution in [0.1, 0.15) is 61.2 Å². The van der Waals surface area contributed by atoms with Crippen molar-refractivity contribution in [1.82, 2.24) is 25.1 Å². The van der Waals surface area contributed by atoms with Gasteiger partial charge in [0.1, 0.15) is 18.2 Å². The van der Waals surface area contributed by atoms with Gasteiger partial charge >= 0.3 is 5.97 Å². The van der Waals surface area contributed by atoms with E-state index in [1.165, 1.54) is 12.8 Å². The summed E-state index contributed by atoms with van der Waals surface area (Å²) in [5.74, 6) is 1.76. The summed E-state index contributed by atoms with van der Waals surface area (Å²) >= 11 is 8.22. The first kappa shape index (κ1) is 31.9. The van der Waals surface area contributed by atoms with Gasteiger partial charge in [-0.25, -0.2) is 4.98 Å². The molecule has 2 aromatic rings. The lowest BCUT2D eigenvalue weighted by Gasteiger charge is -2.39. The first-order valence-electron chi connectivity index (χ1n) is 16.2. The number of piperidine rings is 2. The summed E-state index contributed by atoms with van der Waals surface area (Å²) in [6.07, 6.45) is 5.94. The Morgan fingerprint density at radius 3 is 2.84 bits per heavy atom. The highest BCUT2D eigenvalue weighted by molar-refractivity contribution is 8.00. The number of thioether (sulfide) groups is 1. The summed E-state index contributed by atoms with van der Waals surface area (Å²) in [6, 6.07) is 6.17. The molecule has 1 aromatic heterocycles. The van der Waals surface area contributed by atoms with E-state index >= 15 is 0 Å². The van der Waals surface area contributed by atoms with Gasteiger partial charge in [-0.05, 0) is 102 Å². The lowest BCUT2D eigenvalue weighted by Crippen LogP contribution is -2.53. The normalized spacial score (nSPS) is 28.9. The summed E-state index contributed by atoms with van der Waals surface area (Å²) in [5.41, 5.74) is 2.90. The second-order valence-electron chi connectivity index (χ2n) is 13.3. The molecule has 1 aliphatic carbocycles. The van der Waals surface area contributed by atoms with Crippen molar-refractivity contribution in [1.29, 1.82) is 0 Å². The van der Waals surface area contributed by atoms with Crippen LogP contribution in [0.2, 0.25) is 5.02 Å². The van der Waals surface area contributed by atoms with Crippen LogP contribution in [-0.4, -0.2) is 87.9 Å². The Bertz CT molecular complexity index is 1420. The van der Waals surface area contributed by atoms with Gasteiger partial charge in [-0.2, -0.15) is 11.8 Å². The topological polar surface area (TPSA) is 109 Å². The fourth-order valence-corrected chi connectivity index (χ4v) is 9.85. The number of fused-ring (bicyclic) bond motifs is 2. The number of hydrogen-bond donors (Lipinski definition) is 3. The highest BCUT2D eigenvalue weighted by Gasteiger charge is 2.48. The number of hydrogen-bond acceptors (Lipinski definition) is 8. The number of carboxylic acids is 1. The number of benzene rings is 1. The quantitative estimate of drug-likeness (QED) is 0.377. The number of aliphatic carboxylic acids is 1. The molecule has 0 radical (unpaired) electrons. The zero-order valence-electron chi connectivity index (χ0n) is 26.1. The van der Waals surface area contributed by atoms with Crippen molar-refractivity contribution in [3.63, 3.8) is 0 Å². The maximum Gasteiger partial charge on any atom is 0.308 e. The monoisotopic (exact) mass is 643 g/mol. The van der Waals surface area contributed by atoms with Crippen LogP contribution in [-0.2, 0) is 24.2 Å². The van der Waals surface area contributed by atoms with Gasteiger partial charge in [0.15, 0.2) is 0 Å². The molecule has 6 atom stereocenters. The molecule has 240 valence electrons. The zero-order chi connectivity index (χ0) is 31.0. The minimum absolute atomic E-state index is 0.0597. The van der Waals surface area contributed by atoms with Crippen LogP contribution in [0.25, 0.3) is 0 Å². The Hall–Kier alpha value is -2.11. The fraction of sp³-hybridized carbons (Fsp3) is 0.667.